The van der Waals surface area contributed by atoms with Crippen molar-refractivity contribution in [3.63, 3.8) is 0 Å². The highest BCUT2D eigenvalue weighted by Gasteiger charge is 2.26. The van der Waals surface area contributed by atoms with E-state index in [0.717, 1.165) is 12.0 Å². The first-order valence-corrected chi connectivity index (χ1v) is 9.74. The first kappa shape index (κ1) is 23.6. The molecule has 0 aliphatic carbocycles. The molecule has 160 valence electrons. The second-order valence-corrected chi connectivity index (χ2v) is 7.16. The average molecular weight is 536 g/mol. The van der Waals surface area contributed by atoms with Crippen LogP contribution in [0.1, 0.15) is 31.6 Å². The van der Waals surface area contributed by atoms with Gasteiger partial charge in [0.25, 0.3) is 0 Å². The summed E-state index contributed by atoms with van der Waals surface area (Å²) in [6, 6.07) is 7.22. The van der Waals surface area contributed by atoms with Crippen LogP contribution in [0.25, 0.3) is 0 Å². The van der Waals surface area contributed by atoms with E-state index in [2.05, 4.69) is 15.6 Å². The van der Waals surface area contributed by atoms with Gasteiger partial charge in [0, 0.05) is 13.0 Å². The summed E-state index contributed by atoms with van der Waals surface area (Å²) in [5, 5.41) is 17.4. The maximum atomic E-state index is 10.6. The summed E-state index contributed by atoms with van der Waals surface area (Å²) in [4.78, 5) is 4.58. The number of nitrogens with one attached hydrogen (secondary N) is 2. The van der Waals surface area contributed by atoms with Gasteiger partial charge < -0.3 is 29.6 Å². The van der Waals surface area contributed by atoms with Gasteiger partial charge in [0.2, 0.25) is 0 Å². The van der Waals surface area contributed by atoms with E-state index in [-0.39, 0.29) is 30.5 Å². The zero-order valence-electron chi connectivity index (χ0n) is 16.5. The Labute approximate surface area is 192 Å². The van der Waals surface area contributed by atoms with Gasteiger partial charge >= 0.3 is 0 Å². The van der Waals surface area contributed by atoms with Gasteiger partial charge in [-0.1, -0.05) is 11.6 Å². The minimum Gasteiger partial charge on any atom is -0.489 e. The fourth-order valence-corrected chi connectivity index (χ4v) is 3.10. The summed E-state index contributed by atoms with van der Waals surface area (Å²) in [7, 11) is 0. The number of hydrogen-bond acceptors (Lipinski definition) is 5. The van der Waals surface area contributed by atoms with Crippen LogP contribution in [0.3, 0.4) is 0 Å². The maximum absolute atomic E-state index is 10.6. The molecule has 7 nitrogen and oxygen atoms in total. The molecule has 2 aromatic rings. The van der Waals surface area contributed by atoms with Crippen molar-refractivity contribution in [2.24, 2.45) is 4.99 Å². The second kappa shape index (κ2) is 10.9. The number of guanidine groups is 1. The average Bonchev–Trinajstić information content (AvgIpc) is 3.11. The molecular weight excluding hydrogens is 509 g/mol. The third-order valence-corrected chi connectivity index (χ3v) is 4.56. The number of fused-ring (bicyclic) bond motifs is 1. The summed E-state index contributed by atoms with van der Waals surface area (Å²) in [6.45, 7) is 6.19. The molecule has 0 saturated heterocycles. The molecule has 0 saturated carbocycles. The van der Waals surface area contributed by atoms with Gasteiger partial charge in [-0.25, -0.2) is 4.99 Å². The lowest BCUT2D eigenvalue weighted by molar-refractivity contribution is 0.0386. The molecule has 1 aliphatic heterocycles. The van der Waals surface area contributed by atoms with Crippen LogP contribution >= 0.6 is 35.6 Å². The zero-order valence-corrected chi connectivity index (χ0v) is 19.6. The summed E-state index contributed by atoms with van der Waals surface area (Å²) in [5.74, 6) is 2.31. The van der Waals surface area contributed by atoms with Crippen molar-refractivity contribution in [3.05, 3.63) is 46.9 Å². The van der Waals surface area contributed by atoms with Gasteiger partial charge in [-0.3, -0.25) is 0 Å². The van der Waals surface area contributed by atoms with Crippen molar-refractivity contribution in [2.45, 2.75) is 32.4 Å². The Bertz CT molecular complexity index is 812. The third kappa shape index (κ3) is 6.42. The van der Waals surface area contributed by atoms with Gasteiger partial charge in [0.05, 0.1) is 37.6 Å². The van der Waals surface area contributed by atoms with Crippen LogP contribution in [-0.2, 0) is 12.1 Å². The van der Waals surface area contributed by atoms with Crippen LogP contribution in [0.4, 0.5) is 0 Å². The number of aliphatic hydroxyl groups is 1. The van der Waals surface area contributed by atoms with Crippen LogP contribution in [-0.4, -0.2) is 37.4 Å². The quantitative estimate of drug-likeness (QED) is 0.297. The van der Waals surface area contributed by atoms with Crippen LogP contribution in [0.15, 0.2) is 39.9 Å². The van der Waals surface area contributed by atoms with Crippen molar-refractivity contribution in [1.29, 1.82) is 0 Å². The lowest BCUT2D eigenvalue weighted by Crippen LogP contribution is -2.44. The highest BCUT2D eigenvalue weighted by atomic mass is 127. The molecule has 0 spiro atoms. The van der Waals surface area contributed by atoms with E-state index in [9.17, 15) is 5.11 Å². The predicted molar refractivity (Wildman–Crippen MR) is 124 cm³/mol. The first-order chi connectivity index (χ1) is 13.5. The van der Waals surface area contributed by atoms with Gasteiger partial charge in [-0.15, -0.1) is 24.0 Å². The van der Waals surface area contributed by atoms with E-state index in [1.54, 1.807) is 19.1 Å². The lowest BCUT2D eigenvalue weighted by atomic mass is 10.0. The molecule has 2 heterocycles. The van der Waals surface area contributed by atoms with Gasteiger partial charge in [0.15, 0.2) is 17.5 Å². The fraction of sp³-hybridized carbons (Fsp3) is 0.450. The second-order valence-electron chi connectivity index (χ2n) is 6.76. The minimum atomic E-state index is -1.15. The van der Waals surface area contributed by atoms with E-state index in [4.69, 9.17) is 25.5 Å². The molecule has 3 N–H and O–H groups in total. The van der Waals surface area contributed by atoms with Crippen LogP contribution < -0.4 is 20.1 Å². The molecule has 1 atom stereocenters. The number of aliphatic imine (C=N–C) groups is 1. The Morgan fingerprint density at radius 2 is 2.07 bits per heavy atom. The minimum absolute atomic E-state index is 0. The molecular formula is C20H27ClIN3O4. The number of furan rings is 1. The van der Waals surface area contributed by atoms with Crippen LogP contribution in [0.2, 0.25) is 5.02 Å². The molecule has 1 aromatic heterocycles. The summed E-state index contributed by atoms with van der Waals surface area (Å²) in [5.41, 5.74) is -0.248. The van der Waals surface area contributed by atoms with Crippen LogP contribution in [0.5, 0.6) is 11.5 Å². The van der Waals surface area contributed by atoms with E-state index in [0.29, 0.717) is 54.5 Å². The Morgan fingerprint density at radius 1 is 1.28 bits per heavy atom. The molecule has 1 aromatic carbocycles. The standard InChI is InChI=1S/C20H26ClN3O4.HI/c1-3-22-19(24-13-20(2,25)17-6-4-7-27-17)23-12-14-10-15(21)18-16(11-14)26-8-5-9-28-18;/h4,6-7,10-11,25H,3,5,8-9,12-13H2,1-2H3,(H2,22,23,24);1H. The molecule has 1 aliphatic rings. The van der Waals surface area contributed by atoms with Crippen LogP contribution in [0, 0.1) is 0 Å². The molecule has 0 radical (unpaired) electrons. The monoisotopic (exact) mass is 535 g/mol. The molecule has 0 fully saturated rings. The van der Waals surface area contributed by atoms with Crippen molar-refractivity contribution >= 4 is 41.5 Å². The Balaban J connectivity index is 0.00000300. The largest absolute Gasteiger partial charge is 0.489 e. The smallest absolute Gasteiger partial charge is 0.191 e. The maximum Gasteiger partial charge on any atom is 0.191 e. The van der Waals surface area contributed by atoms with Crippen molar-refractivity contribution in [2.75, 3.05) is 26.3 Å². The number of nitrogens with zero attached hydrogens (tertiary/aromatic N) is 1. The Morgan fingerprint density at radius 3 is 2.79 bits per heavy atom. The van der Waals surface area contributed by atoms with Gasteiger partial charge in [0.1, 0.15) is 11.4 Å². The molecule has 3 rings (SSSR count). The number of halogens is 2. The summed E-state index contributed by atoms with van der Waals surface area (Å²) in [6.07, 6.45) is 2.36. The summed E-state index contributed by atoms with van der Waals surface area (Å²) < 4.78 is 16.7. The topological polar surface area (TPSA) is 88.3 Å². The van der Waals surface area contributed by atoms with Gasteiger partial charge in [-0.2, -0.15) is 0 Å². The molecule has 0 amide bonds. The number of rotatable bonds is 6. The SMILES string of the molecule is CCNC(=NCc1cc(Cl)c2c(c1)OCCCO2)NCC(C)(O)c1ccco1.I. The third-order valence-electron chi connectivity index (χ3n) is 4.28. The normalized spacial score (nSPS) is 15.7. The van der Waals surface area contributed by atoms with Crippen molar-refractivity contribution < 1.29 is 19.0 Å². The number of ether oxygens (including phenoxy) is 2. The summed E-state index contributed by atoms with van der Waals surface area (Å²) >= 11 is 6.35. The first-order valence-electron chi connectivity index (χ1n) is 9.36. The number of hydrogen-bond donors (Lipinski definition) is 3. The Kier molecular flexibility index (Phi) is 8.91. The van der Waals surface area contributed by atoms with E-state index >= 15 is 0 Å². The highest BCUT2D eigenvalue weighted by molar-refractivity contribution is 14.0. The van der Waals surface area contributed by atoms with E-state index in [1.807, 2.05) is 19.1 Å². The van der Waals surface area contributed by atoms with Gasteiger partial charge in [-0.05, 0) is 43.7 Å². The Hall–Kier alpha value is -1.65. The molecule has 0 bridgehead atoms. The number of benzene rings is 1. The fourth-order valence-electron chi connectivity index (χ4n) is 2.82. The van der Waals surface area contributed by atoms with E-state index in [1.165, 1.54) is 6.26 Å². The van der Waals surface area contributed by atoms with Crippen molar-refractivity contribution in [1.82, 2.24) is 10.6 Å². The molecule has 1 unspecified atom stereocenters. The van der Waals surface area contributed by atoms with Crippen molar-refractivity contribution in [3.8, 4) is 11.5 Å². The predicted octanol–water partition coefficient (Wildman–Crippen LogP) is 3.68. The highest BCUT2D eigenvalue weighted by Crippen LogP contribution is 2.38. The molecule has 9 heteroatoms. The molecule has 29 heavy (non-hydrogen) atoms. The zero-order chi connectivity index (χ0) is 20.0. The lowest BCUT2D eigenvalue weighted by Gasteiger charge is -2.22. The van der Waals surface area contributed by atoms with E-state index < -0.39 is 5.60 Å².